The van der Waals surface area contributed by atoms with Crippen molar-refractivity contribution in [1.29, 1.82) is 0 Å². The van der Waals surface area contributed by atoms with Gasteiger partial charge in [-0.15, -0.1) is 0 Å². The quantitative estimate of drug-likeness (QED) is 0.295. The maximum absolute atomic E-state index is 12.1. The molecule has 1 aromatic carbocycles. The van der Waals surface area contributed by atoms with E-state index in [4.69, 9.17) is 4.74 Å². The molecule has 0 unspecified atom stereocenters. The van der Waals surface area contributed by atoms with Crippen LogP contribution in [0.25, 0.3) is 0 Å². The number of aromatic nitrogens is 1. The third-order valence-corrected chi connectivity index (χ3v) is 3.06. The molecule has 0 bridgehead atoms. The predicted octanol–water partition coefficient (Wildman–Crippen LogP) is -1.99. The summed E-state index contributed by atoms with van der Waals surface area (Å²) in [4.78, 5) is 35.3. The molecular weight excluding hydrogens is 404 g/mol. The highest BCUT2D eigenvalue weighted by atomic mass is 79.9. The highest BCUT2D eigenvalue weighted by Gasteiger charge is 2.14. The smallest absolute Gasteiger partial charge is 0.372 e. The number of rotatable bonds is 5. The molecular formula is C17H19BrN4O4. The summed E-state index contributed by atoms with van der Waals surface area (Å²) in [5.74, 6) is -0.910. The minimum atomic E-state index is -0.574. The van der Waals surface area contributed by atoms with Crippen molar-refractivity contribution in [3.8, 4) is 0 Å². The van der Waals surface area contributed by atoms with Crippen LogP contribution in [0.1, 0.15) is 17.3 Å². The van der Waals surface area contributed by atoms with E-state index in [1.165, 1.54) is 10.8 Å². The van der Waals surface area contributed by atoms with Gasteiger partial charge in [0.15, 0.2) is 12.4 Å². The Kier molecular flexibility index (Phi) is 8.79. The van der Waals surface area contributed by atoms with E-state index in [1.807, 2.05) is 6.07 Å². The lowest BCUT2D eigenvalue weighted by molar-refractivity contribution is -0.686. The maximum Gasteiger partial charge on any atom is 0.372 e. The van der Waals surface area contributed by atoms with Crippen molar-refractivity contribution in [1.82, 2.24) is 10.9 Å². The largest absolute Gasteiger partial charge is 1.00 e. The summed E-state index contributed by atoms with van der Waals surface area (Å²) in [7, 11) is 0. The molecule has 0 aliphatic carbocycles. The second kappa shape index (κ2) is 10.8. The van der Waals surface area contributed by atoms with Gasteiger partial charge in [-0.1, -0.05) is 18.2 Å². The average Bonchev–Trinajstić information content (AvgIpc) is 2.61. The van der Waals surface area contributed by atoms with Crippen LogP contribution in [0.4, 0.5) is 10.5 Å². The molecule has 0 atom stereocenters. The van der Waals surface area contributed by atoms with Crippen LogP contribution in [0.15, 0.2) is 54.9 Å². The molecule has 0 fully saturated rings. The van der Waals surface area contributed by atoms with Crippen molar-refractivity contribution in [2.45, 2.75) is 13.5 Å². The van der Waals surface area contributed by atoms with E-state index in [9.17, 15) is 14.4 Å². The van der Waals surface area contributed by atoms with Gasteiger partial charge in [-0.25, -0.2) is 15.0 Å². The lowest BCUT2D eigenvalue weighted by atomic mass is 10.2. The molecule has 138 valence electrons. The number of anilines is 1. The van der Waals surface area contributed by atoms with Crippen LogP contribution in [0.3, 0.4) is 0 Å². The van der Waals surface area contributed by atoms with Crippen molar-refractivity contribution in [2.24, 2.45) is 0 Å². The first-order valence-corrected chi connectivity index (χ1v) is 7.65. The number of carbonyl (C=O) groups excluding carboxylic acids is 3. The first kappa shape index (κ1) is 21.1. The molecule has 8 nitrogen and oxygen atoms in total. The van der Waals surface area contributed by atoms with E-state index in [2.05, 4.69) is 16.2 Å². The summed E-state index contributed by atoms with van der Waals surface area (Å²) < 4.78 is 6.38. The van der Waals surface area contributed by atoms with Crippen LogP contribution >= 0.6 is 0 Å². The van der Waals surface area contributed by atoms with E-state index in [0.29, 0.717) is 12.3 Å². The lowest BCUT2D eigenvalue weighted by Crippen LogP contribution is -3.00. The number of nitrogens with zero attached hydrogens (tertiary/aromatic N) is 1. The van der Waals surface area contributed by atoms with Crippen molar-refractivity contribution >= 4 is 23.6 Å². The first-order valence-electron chi connectivity index (χ1n) is 7.65. The third kappa shape index (κ3) is 6.89. The number of hydrazine groups is 1. The molecule has 9 heteroatoms. The van der Waals surface area contributed by atoms with Gasteiger partial charge in [0, 0.05) is 11.8 Å². The normalized spacial score (nSPS) is 9.42. The summed E-state index contributed by atoms with van der Waals surface area (Å²) in [5, 5.41) is 2.57. The maximum atomic E-state index is 12.1. The molecule has 0 saturated carbocycles. The van der Waals surface area contributed by atoms with Gasteiger partial charge >= 0.3 is 12.0 Å². The van der Waals surface area contributed by atoms with Gasteiger partial charge in [-0.3, -0.25) is 10.2 Å². The van der Waals surface area contributed by atoms with Crippen molar-refractivity contribution in [2.75, 3.05) is 11.9 Å². The summed E-state index contributed by atoms with van der Waals surface area (Å²) in [6, 6.07) is 11.4. The molecule has 0 saturated heterocycles. The minimum Gasteiger partial charge on any atom is -1.00 e. The second-order valence-corrected chi connectivity index (χ2v) is 4.97. The van der Waals surface area contributed by atoms with E-state index in [0.717, 1.165) is 0 Å². The number of ether oxygens (including phenoxy) is 1. The van der Waals surface area contributed by atoms with Gasteiger partial charge in [0.05, 0.1) is 6.61 Å². The fraction of sp³-hybridized carbons (Fsp3) is 0.176. The molecule has 2 aromatic rings. The lowest BCUT2D eigenvalue weighted by Gasteiger charge is -2.08. The zero-order valence-electron chi connectivity index (χ0n) is 14.1. The third-order valence-electron chi connectivity index (χ3n) is 3.06. The average molecular weight is 423 g/mol. The summed E-state index contributed by atoms with van der Waals surface area (Å²) >= 11 is 0. The number of carbonyl (C=O) groups is 3. The Bertz CT molecular complexity index is 755. The van der Waals surface area contributed by atoms with E-state index >= 15 is 0 Å². The van der Waals surface area contributed by atoms with Gasteiger partial charge in [-0.05, 0) is 25.1 Å². The number of para-hydroxylation sites is 1. The van der Waals surface area contributed by atoms with Gasteiger partial charge in [0.25, 0.3) is 5.91 Å². The number of halogens is 1. The van der Waals surface area contributed by atoms with E-state index in [-0.39, 0.29) is 29.1 Å². The molecule has 0 radical (unpaired) electrons. The van der Waals surface area contributed by atoms with Gasteiger partial charge < -0.3 is 27.0 Å². The van der Waals surface area contributed by atoms with Crippen LogP contribution in [-0.4, -0.2) is 24.5 Å². The number of nitrogens with one attached hydrogen (secondary N) is 3. The number of urea groups is 1. The second-order valence-electron chi connectivity index (χ2n) is 4.97. The van der Waals surface area contributed by atoms with Crippen LogP contribution in [-0.2, 0) is 16.1 Å². The molecule has 0 spiro atoms. The Hall–Kier alpha value is -2.94. The molecule has 3 amide bonds. The van der Waals surface area contributed by atoms with Crippen LogP contribution in [0, 0.1) is 0 Å². The molecule has 1 heterocycles. The fourth-order valence-corrected chi connectivity index (χ4v) is 1.98. The Morgan fingerprint density at radius 2 is 1.77 bits per heavy atom. The highest BCUT2D eigenvalue weighted by molar-refractivity contribution is 5.96. The zero-order chi connectivity index (χ0) is 18.1. The number of hydrogen-bond acceptors (Lipinski definition) is 4. The van der Waals surface area contributed by atoms with Gasteiger partial charge in [-0.2, -0.15) is 4.57 Å². The van der Waals surface area contributed by atoms with Crippen LogP contribution in [0.5, 0.6) is 0 Å². The van der Waals surface area contributed by atoms with Crippen LogP contribution < -0.4 is 37.7 Å². The predicted molar refractivity (Wildman–Crippen MR) is 89.3 cm³/mol. The number of esters is 1. The number of pyridine rings is 1. The monoisotopic (exact) mass is 422 g/mol. The standard InChI is InChI=1S/C17H18N4O4.BrH/c1-2-25-15(22)12-21-10-6-7-13(11-21)16(23)19-20-17(24)18-14-8-4-3-5-9-14;/h3-11H,2,12H2,1H3,(H2-,18,19,20,23,24);1H. The topological polar surface area (TPSA) is 100 Å². The Morgan fingerprint density at radius 1 is 1.04 bits per heavy atom. The summed E-state index contributed by atoms with van der Waals surface area (Å²) in [6.45, 7) is 2.01. The first-order chi connectivity index (χ1) is 12.1. The van der Waals surface area contributed by atoms with E-state index in [1.54, 1.807) is 49.5 Å². The number of benzene rings is 1. The van der Waals surface area contributed by atoms with Crippen LogP contribution in [0.2, 0.25) is 0 Å². The SMILES string of the molecule is CCOC(=O)C[n+]1cccc(C(=O)NNC(=O)Nc2ccccc2)c1.[Br-]. The van der Waals surface area contributed by atoms with Gasteiger partial charge in [0.2, 0.25) is 6.54 Å². The van der Waals surface area contributed by atoms with E-state index < -0.39 is 17.9 Å². The summed E-state index contributed by atoms with van der Waals surface area (Å²) in [6.07, 6.45) is 3.13. The van der Waals surface area contributed by atoms with Crippen molar-refractivity contribution in [3.05, 3.63) is 60.4 Å². The number of hydrogen-bond donors (Lipinski definition) is 3. The van der Waals surface area contributed by atoms with Crippen molar-refractivity contribution < 1.29 is 40.7 Å². The molecule has 0 aliphatic rings. The molecule has 3 N–H and O–H groups in total. The molecule has 0 aliphatic heterocycles. The molecule has 1 aromatic heterocycles. The number of amides is 3. The fourth-order valence-electron chi connectivity index (χ4n) is 1.98. The summed E-state index contributed by atoms with van der Waals surface area (Å²) in [5.41, 5.74) is 5.44. The Balaban J connectivity index is 0.00000338. The zero-order valence-corrected chi connectivity index (χ0v) is 15.7. The molecule has 2 rings (SSSR count). The Morgan fingerprint density at radius 3 is 2.46 bits per heavy atom. The highest BCUT2D eigenvalue weighted by Crippen LogP contribution is 2.03. The van der Waals surface area contributed by atoms with Gasteiger partial charge in [0.1, 0.15) is 5.56 Å². The minimum absolute atomic E-state index is 0. The molecule has 26 heavy (non-hydrogen) atoms. The van der Waals surface area contributed by atoms with Crippen molar-refractivity contribution in [3.63, 3.8) is 0 Å². The Labute approximate surface area is 161 Å².